The van der Waals surface area contributed by atoms with Crippen LogP contribution in [0.15, 0.2) is 19.6 Å². The fourth-order valence-electron chi connectivity index (χ4n) is 4.32. The molecule has 0 bridgehead atoms. The summed E-state index contributed by atoms with van der Waals surface area (Å²) in [6.07, 6.45) is 15.9. The van der Waals surface area contributed by atoms with Gasteiger partial charge in [0.25, 0.3) is 0 Å². The molecule has 5 heteroatoms. The first-order valence-corrected chi connectivity index (χ1v) is 11.2. The van der Waals surface area contributed by atoms with Gasteiger partial charge in [-0.15, -0.1) is 0 Å². The van der Waals surface area contributed by atoms with Gasteiger partial charge in [0.05, 0.1) is 0 Å². The summed E-state index contributed by atoms with van der Waals surface area (Å²) in [6.45, 7) is 1.94. The van der Waals surface area contributed by atoms with E-state index in [2.05, 4.69) is 0 Å². The Balaban J connectivity index is 0.000000240. The maximum atomic E-state index is 5.26. The van der Waals surface area contributed by atoms with Crippen molar-refractivity contribution in [2.45, 2.75) is 84.0 Å². The minimum Gasteiger partial charge on any atom is -0.786 e. The Morgan fingerprint density at radius 3 is 1.68 bits per heavy atom. The van der Waals surface area contributed by atoms with Crippen molar-refractivity contribution in [1.29, 1.82) is 0 Å². The minimum atomic E-state index is 0. The molecule has 0 spiro atoms. The second-order valence-corrected chi connectivity index (χ2v) is 9.84. The van der Waals surface area contributed by atoms with Gasteiger partial charge >= 0.3 is 0 Å². The van der Waals surface area contributed by atoms with Crippen LogP contribution < -0.4 is 0 Å². The van der Waals surface area contributed by atoms with Gasteiger partial charge in [0, 0.05) is 16.5 Å². The molecule has 0 nitrogen and oxygen atoms in total. The summed E-state index contributed by atoms with van der Waals surface area (Å²) < 4.78 is 0. The van der Waals surface area contributed by atoms with Crippen LogP contribution in [0.5, 0.6) is 0 Å². The molecule has 148 valence electrons. The fourth-order valence-corrected chi connectivity index (χ4v) is 5.24. The van der Waals surface area contributed by atoms with Crippen molar-refractivity contribution in [3.63, 3.8) is 0 Å². The quantitative estimate of drug-likeness (QED) is 0.359. The maximum Gasteiger partial charge on any atom is 0 e. The predicted molar refractivity (Wildman–Crippen MR) is 115 cm³/mol. The van der Waals surface area contributed by atoms with Gasteiger partial charge in [-0.3, -0.25) is 0 Å². The molecule has 0 aromatic heterocycles. The number of hydrogen-bond donors (Lipinski definition) is 0. The van der Waals surface area contributed by atoms with E-state index in [1.165, 1.54) is 57.8 Å². The summed E-state index contributed by atoms with van der Waals surface area (Å²) >= 11 is 20.8. The van der Waals surface area contributed by atoms with Crippen LogP contribution in [0.1, 0.15) is 84.0 Å². The topological polar surface area (TPSA) is 0 Å². The Morgan fingerprint density at radius 2 is 1.24 bits per heavy atom. The third kappa shape index (κ3) is 8.17. The van der Waals surface area contributed by atoms with E-state index >= 15 is 0 Å². The van der Waals surface area contributed by atoms with Crippen LogP contribution in [0, 0.1) is 17.8 Å². The van der Waals surface area contributed by atoms with Crippen LogP contribution in [0.3, 0.4) is 0 Å². The third-order valence-corrected chi connectivity index (χ3v) is 7.67. The van der Waals surface area contributed by atoms with E-state index in [9.17, 15) is 0 Å². The van der Waals surface area contributed by atoms with E-state index in [0.717, 1.165) is 56.6 Å². The molecule has 2 saturated carbocycles. The van der Waals surface area contributed by atoms with Crippen LogP contribution in [0.4, 0.5) is 0 Å². The van der Waals surface area contributed by atoms with Gasteiger partial charge in [-0.1, -0.05) is 71.1 Å². The number of hydrogen-bond acceptors (Lipinski definition) is 4. The Morgan fingerprint density at radius 1 is 0.800 bits per heavy atom. The molecule has 0 heterocycles. The molecule has 25 heavy (non-hydrogen) atoms. The minimum absolute atomic E-state index is 0. The van der Waals surface area contributed by atoms with Gasteiger partial charge in [-0.25, -0.2) is 19.6 Å². The van der Waals surface area contributed by atoms with Gasteiger partial charge < -0.3 is 50.5 Å². The van der Waals surface area contributed by atoms with Crippen LogP contribution >= 0.6 is 0 Å². The van der Waals surface area contributed by atoms with E-state index in [1.807, 2.05) is 6.92 Å². The van der Waals surface area contributed by atoms with Crippen molar-refractivity contribution < 1.29 is 16.5 Å². The molecule has 0 N–H and O–H groups in total. The maximum absolute atomic E-state index is 5.26. The monoisotopic (exact) mass is 456 g/mol. The first kappa shape index (κ1) is 23.9. The summed E-state index contributed by atoms with van der Waals surface area (Å²) in [5.74, 6) is 2.61. The third-order valence-electron chi connectivity index (χ3n) is 5.86. The zero-order valence-electron chi connectivity index (χ0n) is 15.2. The molecule has 0 amide bonds. The number of fused-ring (bicyclic) bond motifs is 1. The van der Waals surface area contributed by atoms with Crippen molar-refractivity contribution >= 4 is 50.5 Å². The van der Waals surface area contributed by atoms with Crippen LogP contribution in [0.2, 0.25) is 0 Å². The van der Waals surface area contributed by atoms with E-state index in [0.29, 0.717) is 0 Å². The molecular weight excluding hydrogens is 427 g/mol. The molecule has 3 rings (SSSR count). The second kappa shape index (κ2) is 12.3. The van der Waals surface area contributed by atoms with Gasteiger partial charge in [-0.05, 0) is 30.6 Å². The average Bonchev–Trinajstić information content (AvgIpc) is 2.57. The summed E-state index contributed by atoms with van der Waals surface area (Å²) in [6, 6.07) is 0. The molecule has 3 aliphatic rings. The molecule has 0 aliphatic heterocycles. The van der Waals surface area contributed by atoms with Crippen LogP contribution in [-0.4, -0.2) is 0 Å². The number of allylic oxidation sites excluding steroid dienone is 4. The van der Waals surface area contributed by atoms with Gasteiger partial charge in [0.15, 0.2) is 0 Å². The largest absolute Gasteiger partial charge is 0.786 e. The van der Waals surface area contributed by atoms with Crippen molar-refractivity contribution in [3.05, 3.63) is 19.6 Å². The fraction of sp³-hybridized carbons (Fsp3) is 0.800. The predicted octanol–water partition coefficient (Wildman–Crippen LogP) is 6.17. The SMILES string of the molecule is C/C([S-])=C(/[S-])CC1CCCCC1.[Ni].[S-]C1=C([S-])CC2CCCCC2C1. The smallest absolute Gasteiger partial charge is 0 e. The molecule has 2 fully saturated rings. The first-order chi connectivity index (χ1) is 11.5. The Labute approximate surface area is 187 Å². The van der Waals surface area contributed by atoms with Gasteiger partial charge in [0.2, 0.25) is 0 Å². The summed E-state index contributed by atoms with van der Waals surface area (Å²) in [7, 11) is 0. The standard InChI is InChI=1S/C10H16S2.C10H18S2.Ni/c11-9-5-7-3-1-2-4-8(7)6-10(9)12;1-8(11)10(12)7-9-5-3-2-4-6-9;/h7-8,11-12H,1-6H2;9,11-12H,2-7H2,1H3;/p-4/b;10-8-;. The summed E-state index contributed by atoms with van der Waals surface area (Å²) in [5, 5.41) is 0. The molecule has 0 saturated heterocycles. The summed E-state index contributed by atoms with van der Waals surface area (Å²) in [4.78, 5) is 4.13. The Kier molecular flexibility index (Phi) is 11.8. The first-order valence-electron chi connectivity index (χ1n) is 9.57. The molecule has 2 unspecified atom stereocenters. The molecule has 0 aromatic rings. The van der Waals surface area contributed by atoms with Gasteiger partial charge in [0.1, 0.15) is 0 Å². The average molecular weight is 457 g/mol. The molecule has 0 radical (unpaired) electrons. The Hall–Kier alpha value is 0.854. The van der Waals surface area contributed by atoms with E-state index in [-0.39, 0.29) is 16.5 Å². The zero-order chi connectivity index (χ0) is 17.5. The Bertz CT molecular complexity index is 440. The van der Waals surface area contributed by atoms with Crippen molar-refractivity contribution in [3.8, 4) is 0 Å². The molecule has 2 atom stereocenters. The molecular formula is C20H30NiS4-4. The van der Waals surface area contributed by atoms with Gasteiger partial charge in [-0.2, -0.15) is 0 Å². The van der Waals surface area contributed by atoms with Crippen molar-refractivity contribution in [2.24, 2.45) is 17.8 Å². The number of rotatable bonds is 2. The zero-order valence-corrected chi connectivity index (χ0v) is 19.4. The van der Waals surface area contributed by atoms with E-state index in [4.69, 9.17) is 50.5 Å². The molecule has 3 aliphatic carbocycles. The summed E-state index contributed by atoms with van der Waals surface area (Å²) in [5.41, 5.74) is 0. The van der Waals surface area contributed by atoms with E-state index in [1.54, 1.807) is 0 Å². The van der Waals surface area contributed by atoms with Crippen LogP contribution in [-0.2, 0) is 67.0 Å². The molecule has 0 aromatic carbocycles. The normalized spacial score (nSPS) is 28.0. The van der Waals surface area contributed by atoms with Crippen molar-refractivity contribution in [2.75, 3.05) is 0 Å². The van der Waals surface area contributed by atoms with E-state index < -0.39 is 0 Å². The van der Waals surface area contributed by atoms with Crippen LogP contribution in [0.25, 0.3) is 0 Å². The second-order valence-electron chi connectivity index (χ2n) is 7.75. The van der Waals surface area contributed by atoms with Crippen molar-refractivity contribution in [1.82, 2.24) is 0 Å².